The summed E-state index contributed by atoms with van der Waals surface area (Å²) in [6.45, 7) is 1.61. The van der Waals surface area contributed by atoms with Crippen LogP contribution >= 0.6 is 35.3 Å². The number of nitrogens with one attached hydrogen (secondary N) is 2. The summed E-state index contributed by atoms with van der Waals surface area (Å²) in [7, 11) is 0. The number of pyridine rings is 1. The van der Waals surface area contributed by atoms with E-state index in [1.807, 2.05) is 18.3 Å². The van der Waals surface area contributed by atoms with Gasteiger partial charge < -0.3 is 9.71 Å². The Bertz CT molecular complexity index is 834. The van der Waals surface area contributed by atoms with Crippen molar-refractivity contribution >= 4 is 51.9 Å². The minimum absolute atomic E-state index is 0.646. The zero-order chi connectivity index (χ0) is 15.1. The maximum absolute atomic E-state index is 6.38. The molecular formula is C15H12Cl2N4S. The lowest BCUT2D eigenvalue weighted by atomic mass is 10.1. The number of hydrogen-bond donors (Lipinski definition) is 2. The summed E-state index contributed by atoms with van der Waals surface area (Å²) in [4.78, 5) is 7.36. The largest absolute Gasteiger partial charge is 0.358 e. The van der Waals surface area contributed by atoms with Crippen LogP contribution in [0.1, 0.15) is 11.1 Å². The van der Waals surface area contributed by atoms with Crippen molar-refractivity contribution in [1.29, 1.82) is 0 Å². The van der Waals surface area contributed by atoms with Gasteiger partial charge in [0.25, 0.3) is 0 Å². The maximum atomic E-state index is 6.38. The number of anilines is 1. The van der Waals surface area contributed by atoms with Crippen LogP contribution < -0.4 is 4.72 Å². The van der Waals surface area contributed by atoms with Crippen molar-refractivity contribution in [2.45, 2.75) is 13.1 Å². The topological polar surface area (TPSA) is 44.0 Å². The van der Waals surface area contributed by atoms with Gasteiger partial charge in [-0.25, -0.2) is 4.31 Å². The zero-order valence-electron chi connectivity index (χ0n) is 11.4. The van der Waals surface area contributed by atoms with E-state index in [9.17, 15) is 0 Å². The Labute approximate surface area is 142 Å². The van der Waals surface area contributed by atoms with E-state index in [0.29, 0.717) is 10.0 Å². The average Bonchev–Trinajstić information content (AvgIpc) is 2.91. The molecule has 3 aromatic rings. The molecule has 0 saturated heterocycles. The average molecular weight is 351 g/mol. The minimum atomic E-state index is 0.646. The van der Waals surface area contributed by atoms with Crippen molar-refractivity contribution in [3.05, 3.63) is 58.0 Å². The molecule has 1 aliphatic rings. The first-order valence-corrected chi connectivity index (χ1v) is 8.30. The summed E-state index contributed by atoms with van der Waals surface area (Å²) in [6, 6.07) is 6.01. The van der Waals surface area contributed by atoms with E-state index in [2.05, 4.69) is 25.1 Å². The molecule has 22 heavy (non-hydrogen) atoms. The van der Waals surface area contributed by atoms with E-state index >= 15 is 0 Å². The number of aromatic nitrogens is 2. The van der Waals surface area contributed by atoms with Crippen LogP contribution in [0.5, 0.6) is 0 Å². The van der Waals surface area contributed by atoms with Crippen molar-refractivity contribution in [3.8, 4) is 0 Å². The van der Waals surface area contributed by atoms with Crippen LogP contribution in [0.25, 0.3) is 10.9 Å². The van der Waals surface area contributed by atoms with Gasteiger partial charge in [-0.2, -0.15) is 0 Å². The third kappa shape index (κ3) is 2.44. The quantitative estimate of drug-likeness (QED) is 0.647. The molecule has 0 spiro atoms. The first-order chi connectivity index (χ1) is 10.7. The molecule has 0 unspecified atom stereocenters. The lowest BCUT2D eigenvalue weighted by Gasteiger charge is -2.28. The van der Waals surface area contributed by atoms with Crippen LogP contribution in [0.2, 0.25) is 10.0 Å². The smallest absolute Gasteiger partial charge is 0.0742 e. The van der Waals surface area contributed by atoms with E-state index in [-0.39, 0.29) is 0 Å². The number of hydrogen-bond acceptors (Lipinski definition) is 4. The molecule has 4 nitrogen and oxygen atoms in total. The molecule has 112 valence electrons. The normalized spacial score (nSPS) is 14.8. The van der Waals surface area contributed by atoms with Crippen molar-refractivity contribution in [2.75, 3.05) is 4.72 Å². The molecule has 2 N–H and O–H groups in total. The van der Waals surface area contributed by atoms with E-state index in [1.165, 1.54) is 5.56 Å². The van der Waals surface area contributed by atoms with Crippen molar-refractivity contribution in [2.24, 2.45) is 0 Å². The predicted octanol–water partition coefficient (Wildman–Crippen LogP) is 4.86. The summed E-state index contributed by atoms with van der Waals surface area (Å²) >= 11 is 14.1. The molecule has 1 aliphatic heterocycles. The van der Waals surface area contributed by atoms with Gasteiger partial charge in [-0.05, 0) is 23.3 Å². The Morgan fingerprint density at radius 2 is 2.23 bits per heavy atom. The molecule has 0 bridgehead atoms. The number of nitrogens with zero attached hydrogens (tertiary/aromatic N) is 2. The van der Waals surface area contributed by atoms with Gasteiger partial charge in [0.15, 0.2) is 0 Å². The van der Waals surface area contributed by atoms with Crippen LogP contribution in [-0.4, -0.2) is 14.3 Å². The standard InChI is InChI=1S/C15H12Cl2N4S/c16-11-4-10-8-21(7-9-2-1-3-18-5-9)22-20-14(10)15-13(11)12(17)6-19-15/h1-6,19-20H,7-8H2. The molecule has 2 aromatic heterocycles. The van der Waals surface area contributed by atoms with Crippen LogP contribution in [0.4, 0.5) is 5.69 Å². The van der Waals surface area contributed by atoms with Gasteiger partial charge >= 0.3 is 0 Å². The van der Waals surface area contributed by atoms with Gasteiger partial charge in [0.1, 0.15) is 0 Å². The highest BCUT2D eigenvalue weighted by atomic mass is 35.5. The van der Waals surface area contributed by atoms with Crippen LogP contribution in [0, 0.1) is 0 Å². The Morgan fingerprint density at radius 3 is 3.05 bits per heavy atom. The molecule has 1 aromatic carbocycles. The molecule has 0 radical (unpaired) electrons. The highest BCUT2D eigenvalue weighted by Gasteiger charge is 2.22. The van der Waals surface area contributed by atoms with Gasteiger partial charge in [0, 0.05) is 49.2 Å². The highest BCUT2D eigenvalue weighted by Crippen LogP contribution is 2.41. The monoisotopic (exact) mass is 350 g/mol. The Balaban J connectivity index is 1.66. The van der Waals surface area contributed by atoms with E-state index in [4.69, 9.17) is 23.2 Å². The third-order valence-corrected chi connectivity index (χ3v) is 5.06. The SMILES string of the molecule is Clc1c[nH]c2c3c(cc(Cl)c12)CN(Cc1cccnc1)SN3. The zero-order valence-corrected chi connectivity index (χ0v) is 13.8. The fraction of sp³-hybridized carbons (Fsp3) is 0.133. The highest BCUT2D eigenvalue weighted by molar-refractivity contribution is 7.98. The molecule has 4 rings (SSSR count). The van der Waals surface area contributed by atoms with Gasteiger partial charge in [0.05, 0.1) is 21.2 Å². The number of H-pyrrole nitrogens is 1. The number of aromatic amines is 1. The van der Waals surface area contributed by atoms with Crippen molar-refractivity contribution in [3.63, 3.8) is 0 Å². The van der Waals surface area contributed by atoms with Crippen LogP contribution in [0.15, 0.2) is 36.8 Å². The fourth-order valence-electron chi connectivity index (χ4n) is 2.65. The number of halogens is 2. The second kappa shape index (κ2) is 5.66. The maximum Gasteiger partial charge on any atom is 0.0742 e. The second-order valence-corrected chi connectivity index (χ2v) is 6.85. The molecular weight excluding hydrogens is 339 g/mol. The van der Waals surface area contributed by atoms with E-state index < -0.39 is 0 Å². The van der Waals surface area contributed by atoms with Gasteiger partial charge in [-0.3, -0.25) is 4.98 Å². The van der Waals surface area contributed by atoms with Gasteiger partial charge in [-0.1, -0.05) is 29.3 Å². The molecule has 7 heteroatoms. The molecule has 0 amide bonds. The summed E-state index contributed by atoms with van der Waals surface area (Å²) in [5.41, 5.74) is 4.34. The molecule has 0 saturated carbocycles. The van der Waals surface area contributed by atoms with Crippen LogP contribution in [0.3, 0.4) is 0 Å². The van der Waals surface area contributed by atoms with E-state index in [1.54, 1.807) is 24.5 Å². The lowest BCUT2D eigenvalue weighted by molar-refractivity contribution is 0.460. The molecule has 0 fully saturated rings. The number of rotatable bonds is 2. The number of fused-ring (bicyclic) bond motifs is 3. The van der Waals surface area contributed by atoms with Crippen LogP contribution in [-0.2, 0) is 13.1 Å². The molecule has 0 atom stereocenters. The van der Waals surface area contributed by atoms with Gasteiger partial charge in [-0.15, -0.1) is 0 Å². The minimum Gasteiger partial charge on any atom is -0.358 e. The third-order valence-electron chi connectivity index (χ3n) is 3.65. The Kier molecular flexibility index (Phi) is 3.66. The molecule has 0 aliphatic carbocycles. The van der Waals surface area contributed by atoms with Gasteiger partial charge in [0.2, 0.25) is 0 Å². The van der Waals surface area contributed by atoms with Crippen molar-refractivity contribution < 1.29 is 0 Å². The second-order valence-electron chi connectivity index (χ2n) is 5.13. The summed E-state index contributed by atoms with van der Waals surface area (Å²) in [6.07, 6.45) is 5.44. The number of benzene rings is 1. The van der Waals surface area contributed by atoms with E-state index in [0.717, 1.165) is 35.2 Å². The first kappa shape index (κ1) is 14.2. The summed E-state index contributed by atoms with van der Waals surface area (Å²) in [5.74, 6) is 0. The Morgan fingerprint density at radius 1 is 1.32 bits per heavy atom. The lowest BCUT2D eigenvalue weighted by Crippen LogP contribution is -2.22. The summed E-state index contributed by atoms with van der Waals surface area (Å²) in [5, 5.41) is 2.19. The predicted molar refractivity (Wildman–Crippen MR) is 93.0 cm³/mol. The first-order valence-electron chi connectivity index (χ1n) is 6.77. The fourth-order valence-corrected chi connectivity index (χ4v) is 4.14. The Hall–Kier alpha value is -1.40. The molecule has 3 heterocycles. The summed E-state index contributed by atoms with van der Waals surface area (Å²) < 4.78 is 5.62. The van der Waals surface area contributed by atoms with Crippen molar-refractivity contribution in [1.82, 2.24) is 14.3 Å².